The molecule has 0 radical (unpaired) electrons. The van der Waals surface area contributed by atoms with Crippen molar-refractivity contribution in [2.45, 2.75) is 64.8 Å². The number of nitrogens with one attached hydrogen (secondary N) is 4. The average molecular weight is 501 g/mol. The summed E-state index contributed by atoms with van der Waals surface area (Å²) >= 11 is 0. The molecule has 1 heterocycles. The maximum Gasteiger partial charge on any atom is 0.306 e. The molecule has 0 saturated heterocycles. The molecule has 1 unspecified atom stereocenters. The maximum atomic E-state index is 13.2. The number of amides is 3. The Balaban J connectivity index is 2.07. The first-order valence-electron chi connectivity index (χ1n) is 12.7. The second kappa shape index (κ2) is 15.6. The average Bonchev–Trinajstić information content (AvgIpc) is 3.27. The number of rotatable bonds is 17. The third-order valence-electron chi connectivity index (χ3n) is 6.13. The fraction of sp³-hybridized carbons (Fsp3) is 0.556. The molecule has 198 valence electrons. The quantitative estimate of drug-likeness (QED) is 0.151. The van der Waals surface area contributed by atoms with Gasteiger partial charge in [-0.3, -0.25) is 19.2 Å². The van der Waals surface area contributed by atoms with Crippen LogP contribution in [0.15, 0.2) is 30.5 Å². The minimum Gasteiger partial charge on any atom is -0.469 e. The maximum absolute atomic E-state index is 13.2. The van der Waals surface area contributed by atoms with Crippen molar-refractivity contribution < 1.29 is 23.9 Å². The minimum absolute atomic E-state index is 0.0269. The number of benzene rings is 1. The summed E-state index contributed by atoms with van der Waals surface area (Å²) in [5.74, 6) is -1.39. The number of fused-ring (bicyclic) bond motifs is 1. The second-order valence-corrected chi connectivity index (χ2v) is 9.51. The van der Waals surface area contributed by atoms with E-state index in [-0.39, 0.29) is 24.2 Å². The molecule has 1 aromatic carbocycles. The normalized spacial score (nSPS) is 12.7. The molecule has 1 aromatic heterocycles. The summed E-state index contributed by atoms with van der Waals surface area (Å²) in [6.45, 7) is 5.13. The fourth-order valence-corrected chi connectivity index (χ4v) is 4.26. The van der Waals surface area contributed by atoms with Gasteiger partial charge in [-0.1, -0.05) is 44.9 Å². The van der Waals surface area contributed by atoms with Crippen molar-refractivity contribution in [1.29, 1.82) is 0 Å². The van der Waals surface area contributed by atoms with Crippen molar-refractivity contribution >= 4 is 35.1 Å². The summed E-state index contributed by atoms with van der Waals surface area (Å²) in [7, 11) is 1.30. The molecule has 0 fully saturated rings. The number of aromatic nitrogens is 1. The largest absolute Gasteiger partial charge is 0.469 e. The van der Waals surface area contributed by atoms with Crippen LogP contribution in [0, 0.1) is 11.8 Å². The van der Waals surface area contributed by atoms with Crippen molar-refractivity contribution in [3.63, 3.8) is 0 Å². The Bertz CT molecular complexity index is 987. The van der Waals surface area contributed by atoms with E-state index in [1.165, 1.54) is 7.11 Å². The van der Waals surface area contributed by atoms with Crippen LogP contribution in [0.25, 0.3) is 10.9 Å². The number of para-hydroxylation sites is 1. The van der Waals surface area contributed by atoms with Gasteiger partial charge in [0.1, 0.15) is 6.04 Å². The highest BCUT2D eigenvalue weighted by Crippen LogP contribution is 2.21. The number of H-pyrrole nitrogens is 1. The Hall–Kier alpha value is -3.36. The Kier molecular flexibility index (Phi) is 12.5. The molecule has 9 heteroatoms. The number of carbonyl (C=O) groups excluding carboxylic acids is 4. The van der Waals surface area contributed by atoms with Crippen molar-refractivity contribution in [2.75, 3.05) is 20.2 Å². The molecule has 0 spiro atoms. The monoisotopic (exact) mass is 500 g/mol. The smallest absolute Gasteiger partial charge is 0.306 e. The molecule has 3 amide bonds. The minimum atomic E-state index is -0.777. The van der Waals surface area contributed by atoms with Crippen LogP contribution < -0.4 is 16.0 Å². The van der Waals surface area contributed by atoms with Gasteiger partial charge < -0.3 is 25.7 Å². The number of carbonyl (C=O) groups is 4. The molecule has 36 heavy (non-hydrogen) atoms. The Labute approximate surface area is 213 Å². The summed E-state index contributed by atoms with van der Waals surface area (Å²) in [4.78, 5) is 51.8. The zero-order chi connectivity index (χ0) is 26.3. The van der Waals surface area contributed by atoms with Crippen LogP contribution in [-0.2, 0) is 30.3 Å². The number of aromatic amines is 1. The lowest BCUT2D eigenvalue weighted by Gasteiger charge is -2.23. The van der Waals surface area contributed by atoms with Crippen LogP contribution >= 0.6 is 0 Å². The first-order chi connectivity index (χ1) is 17.3. The van der Waals surface area contributed by atoms with E-state index < -0.39 is 17.9 Å². The van der Waals surface area contributed by atoms with Gasteiger partial charge in [0.25, 0.3) is 0 Å². The first-order valence-corrected chi connectivity index (χ1v) is 12.7. The molecule has 2 rings (SSSR count). The van der Waals surface area contributed by atoms with E-state index in [2.05, 4.69) is 20.9 Å². The molecule has 0 aliphatic heterocycles. The van der Waals surface area contributed by atoms with Crippen molar-refractivity contribution in [3.05, 3.63) is 36.0 Å². The number of esters is 1. The van der Waals surface area contributed by atoms with E-state index in [4.69, 9.17) is 4.74 Å². The van der Waals surface area contributed by atoms with Crippen molar-refractivity contribution in [3.8, 4) is 0 Å². The zero-order valence-corrected chi connectivity index (χ0v) is 21.6. The van der Waals surface area contributed by atoms with Crippen molar-refractivity contribution in [1.82, 2.24) is 20.9 Å². The van der Waals surface area contributed by atoms with E-state index in [9.17, 15) is 19.2 Å². The SMILES string of the molecule is COC(=O)CC(CC(C)C)C(=O)N[C@@H](Cc1c[nH]c2ccccc12)C(=O)NCCCCCCNC=O. The third-order valence-corrected chi connectivity index (χ3v) is 6.13. The van der Waals surface area contributed by atoms with Gasteiger partial charge in [0.2, 0.25) is 18.2 Å². The zero-order valence-electron chi connectivity index (χ0n) is 21.6. The van der Waals surface area contributed by atoms with E-state index >= 15 is 0 Å². The lowest BCUT2D eigenvalue weighted by molar-refractivity contribution is -0.144. The molecule has 0 saturated carbocycles. The molecule has 9 nitrogen and oxygen atoms in total. The number of methoxy groups -OCH3 is 1. The highest BCUT2D eigenvalue weighted by atomic mass is 16.5. The number of ether oxygens (including phenoxy) is 1. The van der Waals surface area contributed by atoms with E-state index in [0.29, 0.717) is 32.3 Å². The number of hydrogen-bond donors (Lipinski definition) is 4. The summed E-state index contributed by atoms with van der Waals surface area (Å²) in [5, 5.41) is 9.51. The van der Waals surface area contributed by atoms with Crippen LogP contribution in [0.2, 0.25) is 0 Å². The van der Waals surface area contributed by atoms with Gasteiger partial charge in [0.15, 0.2) is 0 Å². The Morgan fingerprint density at radius 1 is 1.03 bits per heavy atom. The van der Waals surface area contributed by atoms with Gasteiger partial charge in [0, 0.05) is 42.5 Å². The molecule has 0 bridgehead atoms. The van der Waals surface area contributed by atoms with Crippen LogP contribution in [0.5, 0.6) is 0 Å². The van der Waals surface area contributed by atoms with Crippen molar-refractivity contribution in [2.24, 2.45) is 11.8 Å². The molecular formula is C27H40N4O5. The van der Waals surface area contributed by atoms with Crippen LogP contribution in [0.3, 0.4) is 0 Å². The fourth-order valence-electron chi connectivity index (χ4n) is 4.26. The summed E-state index contributed by atoms with van der Waals surface area (Å²) in [6, 6.07) is 7.04. The van der Waals surface area contributed by atoms with Gasteiger partial charge >= 0.3 is 5.97 Å². The molecule has 0 aliphatic rings. The highest BCUT2D eigenvalue weighted by molar-refractivity contribution is 5.91. The number of hydrogen-bond acceptors (Lipinski definition) is 5. The van der Waals surface area contributed by atoms with Crippen LogP contribution in [0.1, 0.15) is 57.9 Å². The lowest BCUT2D eigenvalue weighted by atomic mass is 9.92. The van der Waals surface area contributed by atoms with Gasteiger partial charge in [-0.25, -0.2) is 0 Å². The predicted molar refractivity (Wildman–Crippen MR) is 139 cm³/mol. The standard InChI is InChI=1S/C27H40N4O5/c1-19(2)14-20(16-25(33)36-3)26(34)31-24(15-21-17-30-23-11-7-6-10-22(21)23)27(35)29-13-9-5-4-8-12-28-18-32/h6-7,10-11,17-20,24,30H,4-5,8-9,12-16H2,1-3H3,(H,28,32)(H,29,35)(H,31,34)/t20?,24-/m0/s1. The molecule has 4 N–H and O–H groups in total. The second-order valence-electron chi connectivity index (χ2n) is 9.51. The van der Waals surface area contributed by atoms with Gasteiger partial charge in [0.05, 0.1) is 13.5 Å². The lowest BCUT2D eigenvalue weighted by Crippen LogP contribution is -2.50. The highest BCUT2D eigenvalue weighted by Gasteiger charge is 2.28. The van der Waals surface area contributed by atoms with E-state index in [1.807, 2.05) is 44.3 Å². The Morgan fingerprint density at radius 3 is 2.44 bits per heavy atom. The predicted octanol–water partition coefficient (Wildman–Crippen LogP) is 2.84. The summed E-state index contributed by atoms with van der Waals surface area (Å²) in [6.07, 6.45) is 6.95. The Morgan fingerprint density at radius 2 is 1.75 bits per heavy atom. The number of unbranched alkanes of at least 4 members (excludes halogenated alkanes) is 3. The van der Waals surface area contributed by atoms with Crippen LogP contribution in [0.4, 0.5) is 0 Å². The van der Waals surface area contributed by atoms with Gasteiger partial charge in [-0.05, 0) is 36.8 Å². The molecule has 2 atom stereocenters. The molecule has 2 aromatic rings. The van der Waals surface area contributed by atoms with Gasteiger partial charge in [-0.15, -0.1) is 0 Å². The molecule has 0 aliphatic carbocycles. The third kappa shape index (κ3) is 9.71. The summed E-state index contributed by atoms with van der Waals surface area (Å²) in [5.41, 5.74) is 1.90. The topological polar surface area (TPSA) is 129 Å². The first kappa shape index (κ1) is 28.9. The van der Waals surface area contributed by atoms with E-state index in [1.54, 1.807) is 0 Å². The van der Waals surface area contributed by atoms with E-state index in [0.717, 1.165) is 42.1 Å². The van der Waals surface area contributed by atoms with Crippen LogP contribution in [-0.4, -0.2) is 55.4 Å². The van der Waals surface area contributed by atoms with Gasteiger partial charge in [-0.2, -0.15) is 0 Å². The summed E-state index contributed by atoms with van der Waals surface area (Å²) < 4.78 is 4.78. The molecular weight excluding hydrogens is 460 g/mol.